The van der Waals surface area contributed by atoms with Crippen molar-refractivity contribution in [1.82, 2.24) is 0 Å². The van der Waals surface area contributed by atoms with Gasteiger partial charge in [0.05, 0.1) is 0 Å². The molecular weight excluding hydrogens is 200 g/mol. The van der Waals surface area contributed by atoms with Gasteiger partial charge in [-0.2, -0.15) is 0 Å². The van der Waals surface area contributed by atoms with Gasteiger partial charge < -0.3 is 20.4 Å². The van der Waals surface area contributed by atoms with Gasteiger partial charge in [0.2, 0.25) is 5.79 Å². The molecule has 0 aromatic carbocycles. The van der Waals surface area contributed by atoms with Crippen LogP contribution in [0.4, 0.5) is 0 Å². The van der Waals surface area contributed by atoms with E-state index >= 15 is 0 Å². The Kier molecular flexibility index (Phi) is 4.86. The van der Waals surface area contributed by atoms with Crippen LogP contribution in [0.15, 0.2) is 0 Å². The molecule has 0 fully saturated rings. The lowest BCUT2D eigenvalue weighted by Gasteiger charge is -2.42. The van der Waals surface area contributed by atoms with E-state index in [4.69, 9.17) is 5.11 Å². The lowest BCUT2D eigenvalue weighted by molar-refractivity contribution is -0.283. The number of hydrogen-bond acceptors (Lipinski definition) is 5. The van der Waals surface area contributed by atoms with Gasteiger partial charge >= 0.3 is 0 Å². The lowest BCUT2D eigenvalue weighted by Crippen LogP contribution is -2.58. The Morgan fingerprint density at radius 3 is 1.93 bits per heavy atom. The van der Waals surface area contributed by atoms with Crippen molar-refractivity contribution in [3.63, 3.8) is 0 Å². The number of ketones is 1. The minimum Gasteiger partial charge on any atom is -0.388 e. The Morgan fingerprint density at radius 1 is 1.27 bits per heavy atom. The molecule has 0 aliphatic carbocycles. The Hall–Kier alpha value is -0.490. The van der Waals surface area contributed by atoms with E-state index in [1.54, 1.807) is 20.8 Å². The third kappa shape index (κ3) is 2.55. The summed E-state index contributed by atoms with van der Waals surface area (Å²) in [5.74, 6) is -3.51. The van der Waals surface area contributed by atoms with Crippen LogP contribution < -0.4 is 0 Å². The highest BCUT2D eigenvalue weighted by Crippen LogP contribution is 2.38. The van der Waals surface area contributed by atoms with E-state index in [9.17, 15) is 20.1 Å². The number of hydrogen-bond donors (Lipinski definition) is 4. The zero-order valence-electron chi connectivity index (χ0n) is 9.40. The summed E-state index contributed by atoms with van der Waals surface area (Å²) in [5.41, 5.74) is -0.989. The van der Waals surface area contributed by atoms with Crippen molar-refractivity contribution < 1.29 is 25.2 Å². The maximum absolute atomic E-state index is 11.0. The minimum atomic E-state index is -2.52. The monoisotopic (exact) mass is 220 g/mol. The molecule has 0 rings (SSSR count). The molecule has 0 bridgehead atoms. The van der Waals surface area contributed by atoms with Gasteiger partial charge in [-0.15, -0.1) is 0 Å². The van der Waals surface area contributed by atoms with Gasteiger partial charge in [-0.1, -0.05) is 20.8 Å². The van der Waals surface area contributed by atoms with Crippen molar-refractivity contribution in [2.45, 2.75) is 45.5 Å². The van der Waals surface area contributed by atoms with E-state index in [1.807, 2.05) is 0 Å². The van der Waals surface area contributed by atoms with Crippen molar-refractivity contribution in [3.05, 3.63) is 0 Å². The summed E-state index contributed by atoms with van der Waals surface area (Å²) >= 11 is 0. The first-order valence-corrected chi connectivity index (χ1v) is 5.03. The molecule has 15 heavy (non-hydrogen) atoms. The fourth-order valence-electron chi connectivity index (χ4n) is 1.41. The van der Waals surface area contributed by atoms with Crippen LogP contribution in [-0.4, -0.2) is 44.7 Å². The van der Waals surface area contributed by atoms with Crippen LogP contribution in [0.5, 0.6) is 0 Å². The average molecular weight is 220 g/mol. The maximum atomic E-state index is 11.0. The average Bonchev–Trinajstić information content (AvgIpc) is 2.25. The van der Waals surface area contributed by atoms with E-state index in [-0.39, 0.29) is 0 Å². The third-order valence-corrected chi connectivity index (χ3v) is 3.29. The molecule has 0 saturated heterocycles. The van der Waals surface area contributed by atoms with Crippen LogP contribution in [0, 0.1) is 5.41 Å². The summed E-state index contributed by atoms with van der Waals surface area (Å²) in [5, 5.41) is 37.5. The second-order valence-electron chi connectivity index (χ2n) is 4.02. The summed E-state index contributed by atoms with van der Waals surface area (Å²) in [6, 6.07) is 0. The van der Waals surface area contributed by atoms with E-state index in [0.717, 1.165) is 0 Å². The molecule has 0 radical (unpaired) electrons. The fourth-order valence-corrected chi connectivity index (χ4v) is 1.41. The second kappa shape index (κ2) is 5.03. The van der Waals surface area contributed by atoms with Gasteiger partial charge in [0.1, 0.15) is 6.61 Å². The quantitative estimate of drug-likeness (QED) is 0.449. The SMILES string of the molecule is CCC(C)(CC)C(O)(O)C(O)C(=O)CO. The Labute approximate surface area is 89.4 Å². The number of aliphatic hydroxyl groups excluding tert-OH is 2. The molecule has 0 aromatic rings. The molecule has 1 atom stereocenters. The third-order valence-electron chi connectivity index (χ3n) is 3.29. The molecule has 1 unspecified atom stereocenters. The summed E-state index contributed by atoms with van der Waals surface area (Å²) < 4.78 is 0. The Balaban J connectivity index is 5.01. The summed E-state index contributed by atoms with van der Waals surface area (Å²) in [6.07, 6.45) is -1.19. The molecule has 0 amide bonds. The van der Waals surface area contributed by atoms with Crippen molar-refractivity contribution in [3.8, 4) is 0 Å². The molecule has 4 N–H and O–H groups in total. The minimum absolute atomic E-state index is 0.395. The lowest BCUT2D eigenvalue weighted by atomic mass is 9.73. The molecular formula is C10H20O5. The van der Waals surface area contributed by atoms with E-state index in [1.165, 1.54) is 0 Å². The van der Waals surface area contributed by atoms with E-state index in [2.05, 4.69) is 0 Å². The first kappa shape index (κ1) is 14.5. The highest BCUT2D eigenvalue weighted by molar-refractivity contribution is 5.84. The number of aliphatic hydroxyl groups is 4. The standard InChI is InChI=1S/C10H20O5/c1-4-9(3,5-2)10(14,15)8(13)7(12)6-11/h8,11,13-15H,4-6H2,1-3H3. The van der Waals surface area contributed by atoms with Crippen molar-refractivity contribution in [2.75, 3.05) is 6.61 Å². The topological polar surface area (TPSA) is 98.0 Å². The first-order valence-electron chi connectivity index (χ1n) is 5.03. The highest BCUT2D eigenvalue weighted by Gasteiger charge is 2.50. The van der Waals surface area contributed by atoms with Crippen molar-refractivity contribution >= 4 is 5.78 Å². The number of Topliss-reactive ketones (excluding diaryl/α,β-unsaturated/α-hetero) is 1. The molecule has 90 valence electrons. The van der Waals surface area contributed by atoms with Gasteiger partial charge in [0.25, 0.3) is 0 Å². The maximum Gasteiger partial charge on any atom is 0.202 e. The molecule has 0 aliphatic heterocycles. The predicted molar refractivity (Wildman–Crippen MR) is 54.0 cm³/mol. The molecule has 0 aliphatic rings. The van der Waals surface area contributed by atoms with Crippen molar-refractivity contribution in [2.24, 2.45) is 5.41 Å². The molecule has 0 spiro atoms. The van der Waals surface area contributed by atoms with Gasteiger partial charge in [-0.3, -0.25) is 4.79 Å². The van der Waals surface area contributed by atoms with Gasteiger partial charge in [0, 0.05) is 5.41 Å². The largest absolute Gasteiger partial charge is 0.388 e. The van der Waals surface area contributed by atoms with Crippen molar-refractivity contribution in [1.29, 1.82) is 0 Å². The Bertz CT molecular complexity index is 220. The summed E-state index contributed by atoms with van der Waals surface area (Å²) in [7, 11) is 0. The second-order valence-corrected chi connectivity index (χ2v) is 4.02. The highest BCUT2D eigenvalue weighted by atomic mass is 16.5. The van der Waals surface area contributed by atoms with Gasteiger partial charge in [-0.05, 0) is 12.8 Å². The van der Waals surface area contributed by atoms with Crippen LogP contribution >= 0.6 is 0 Å². The predicted octanol–water partition coefficient (Wildman–Crippen LogP) is -0.584. The van der Waals surface area contributed by atoms with Crippen LogP contribution in [-0.2, 0) is 4.79 Å². The molecule has 5 nitrogen and oxygen atoms in total. The van der Waals surface area contributed by atoms with Crippen LogP contribution in [0.2, 0.25) is 0 Å². The fraction of sp³-hybridized carbons (Fsp3) is 0.900. The van der Waals surface area contributed by atoms with Crippen LogP contribution in [0.1, 0.15) is 33.6 Å². The zero-order chi connectivity index (χ0) is 12.3. The normalized spacial score (nSPS) is 15.1. The number of carbonyl (C=O) groups excluding carboxylic acids is 1. The molecule has 5 heteroatoms. The summed E-state index contributed by atoms with van der Waals surface area (Å²) in [6.45, 7) is 4.14. The molecule has 0 saturated carbocycles. The summed E-state index contributed by atoms with van der Waals surface area (Å²) in [4.78, 5) is 11.0. The van der Waals surface area contributed by atoms with Crippen LogP contribution in [0.3, 0.4) is 0 Å². The van der Waals surface area contributed by atoms with Gasteiger partial charge in [-0.25, -0.2) is 0 Å². The van der Waals surface area contributed by atoms with E-state index in [0.29, 0.717) is 12.8 Å². The Morgan fingerprint density at radius 2 is 1.67 bits per heavy atom. The molecule has 0 heterocycles. The zero-order valence-corrected chi connectivity index (χ0v) is 9.40. The van der Waals surface area contributed by atoms with E-state index < -0.39 is 29.7 Å². The smallest absolute Gasteiger partial charge is 0.202 e. The van der Waals surface area contributed by atoms with Crippen LogP contribution in [0.25, 0.3) is 0 Å². The molecule has 0 aromatic heterocycles. The first-order chi connectivity index (χ1) is 6.76. The number of carbonyl (C=O) groups is 1. The number of rotatable bonds is 6. The van der Waals surface area contributed by atoms with Gasteiger partial charge in [0.15, 0.2) is 11.9 Å².